The molecule has 2 heteroatoms. The third-order valence-corrected chi connectivity index (χ3v) is 1.39. The molecule has 0 aliphatic carbocycles. The average Bonchev–Trinajstić information content (AvgIpc) is 2.08. The lowest BCUT2D eigenvalue weighted by Crippen LogP contribution is -2.26. The molecule has 0 fully saturated rings. The van der Waals surface area contributed by atoms with Crippen LogP contribution in [-0.4, -0.2) is 6.10 Å². The fourth-order valence-electron chi connectivity index (χ4n) is 0.744. The van der Waals surface area contributed by atoms with Gasteiger partial charge in [-0.2, -0.15) is 0 Å². The van der Waals surface area contributed by atoms with Gasteiger partial charge in [0, 0.05) is 6.20 Å². The number of hydroxylamine groups is 1. The van der Waals surface area contributed by atoms with Crippen molar-refractivity contribution in [3.8, 4) is 0 Å². The summed E-state index contributed by atoms with van der Waals surface area (Å²) in [5, 5.41) is 0. The molecule has 0 amide bonds. The van der Waals surface area contributed by atoms with Crippen LogP contribution >= 0.6 is 0 Å². The van der Waals surface area contributed by atoms with E-state index in [0.717, 1.165) is 0 Å². The second-order valence-corrected chi connectivity index (χ2v) is 3.38. The molecular weight excluding hydrogens is 114 g/mol. The maximum atomic E-state index is 5.16. The van der Waals surface area contributed by atoms with Gasteiger partial charge < -0.3 is 0 Å². The first kappa shape index (κ1) is 6.62. The zero-order chi connectivity index (χ0) is 6.91. The van der Waals surface area contributed by atoms with Crippen molar-refractivity contribution in [1.29, 1.82) is 0 Å². The molecular formula is C7H13NO. The summed E-state index contributed by atoms with van der Waals surface area (Å²) in [5.74, 6) is 0. The molecule has 0 spiro atoms. The van der Waals surface area contributed by atoms with E-state index in [0.29, 0.717) is 0 Å². The van der Waals surface area contributed by atoms with Crippen LogP contribution in [0.1, 0.15) is 20.8 Å². The number of nitrogens with one attached hydrogen (secondary N) is 1. The zero-order valence-corrected chi connectivity index (χ0v) is 6.14. The summed E-state index contributed by atoms with van der Waals surface area (Å²) in [6.45, 7) is 6.44. The molecule has 1 unspecified atom stereocenters. The maximum absolute atomic E-state index is 5.16. The second-order valence-electron chi connectivity index (χ2n) is 3.38. The van der Waals surface area contributed by atoms with Crippen LogP contribution in [0, 0.1) is 5.41 Å². The van der Waals surface area contributed by atoms with Crippen molar-refractivity contribution in [2.75, 3.05) is 0 Å². The van der Waals surface area contributed by atoms with Crippen LogP contribution < -0.4 is 5.48 Å². The van der Waals surface area contributed by atoms with Gasteiger partial charge in [-0.3, -0.25) is 10.3 Å². The van der Waals surface area contributed by atoms with E-state index in [2.05, 4.69) is 26.3 Å². The molecule has 0 radical (unpaired) electrons. The van der Waals surface area contributed by atoms with Gasteiger partial charge in [-0.25, -0.2) is 0 Å². The Morgan fingerprint density at radius 2 is 2.11 bits per heavy atom. The molecule has 0 aromatic rings. The van der Waals surface area contributed by atoms with E-state index in [1.54, 1.807) is 0 Å². The summed E-state index contributed by atoms with van der Waals surface area (Å²) < 4.78 is 0. The van der Waals surface area contributed by atoms with Gasteiger partial charge in [0.15, 0.2) is 0 Å². The Labute approximate surface area is 55.9 Å². The molecule has 2 nitrogen and oxygen atoms in total. The highest BCUT2D eigenvalue weighted by Gasteiger charge is 2.25. The van der Waals surface area contributed by atoms with Crippen molar-refractivity contribution < 1.29 is 4.84 Å². The molecule has 0 saturated heterocycles. The highest BCUT2D eigenvalue weighted by Crippen LogP contribution is 2.24. The van der Waals surface area contributed by atoms with Crippen molar-refractivity contribution >= 4 is 0 Å². The predicted molar refractivity (Wildman–Crippen MR) is 36.6 cm³/mol. The Hall–Kier alpha value is -0.500. The quantitative estimate of drug-likeness (QED) is 0.531. The molecule has 1 rings (SSSR count). The highest BCUT2D eigenvalue weighted by molar-refractivity contribution is 4.97. The van der Waals surface area contributed by atoms with E-state index in [-0.39, 0.29) is 11.5 Å². The van der Waals surface area contributed by atoms with Crippen LogP contribution in [0.5, 0.6) is 0 Å². The molecule has 1 aliphatic heterocycles. The minimum absolute atomic E-state index is 0.208. The topological polar surface area (TPSA) is 21.3 Å². The third-order valence-electron chi connectivity index (χ3n) is 1.39. The number of hydrogen-bond donors (Lipinski definition) is 1. The fourth-order valence-corrected chi connectivity index (χ4v) is 0.744. The minimum atomic E-state index is 0.208. The standard InChI is InChI=1S/C7H13NO/c1-7(2,3)6-4-5-8-9-6/h4-6,8H,1-3H3. The van der Waals surface area contributed by atoms with Crippen LogP contribution in [0.2, 0.25) is 0 Å². The normalized spacial score (nSPS) is 26.3. The smallest absolute Gasteiger partial charge is 0.110 e. The second kappa shape index (κ2) is 2.03. The summed E-state index contributed by atoms with van der Waals surface area (Å²) in [4.78, 5) is 5.16. The van der Waals surface area contributed by atoms with E-state index < -0.39 is 0 Å². The Kier molecular flexibility index (Phi) is 1.49. The molecule has 0 aromatic heterocycles. The Morgan fingerprint density at radius 3 is 2.33 bits per heavy atom. The lowest BCUT2D eigenvalue weighted by atomic mass is 9.89. The van der Waals surface area contributed by atoms with Crippen molar-refractivity contribution in [3.05, 3.63) is 12.3 Å². The maximum Gasteiger partial charge on any atom is 0.110 e. The van der Waals surface area contributed by atoms with E-state index in [4.69, 9.17) is 4.84 Å². The summed E-state index contributed by atoms with van der Waals surface area (Å²) in [6, 6.07) is 0. The number of hydrogen-bond acceptors (Lipinski definition) is 2. The lowest BCUT2D eigenvalue weighted by molar-refractivity contribution is -0.0122. The summed E-state index contributed by atoms with van der Waals surface area (Å²) in [6.07, 6.45) is 4.08. The molecule has 1 heterocycles. The molecule has 0 saturated carbocycles. The summed E-state index contributed by atoms with van der Waals surface area (Å²) >= 11 is 0. The number of rotatable bonds is 0. The first-order chi connectivity index (χ1) is 4.11. The van der Waals surface area contributed by atoms with Gasteiger partial charge >= 0.3 is 0 Å². The van der Waals surface area contributed by atoms with Gasteiger partial charge in [0.25, 0.3) is 0 Å². The van der Waals surface area contributed by atoms with Crippen LogP contribution in [0.15, 0.2) is 12.3 Å². The van der Waals surface area contributed by atoms with Gasteiger partial charge in [0.1, 0.15) is 6.10 Å². The fraction of sp³-hybridized carbons (Fsp3) is 0.714. The van der Waals surface area contributed by atoms with E-state index in [9.17, 15) is 0 Å². The van der Waals surface area contributed by atoms with Crippen molar-refractivity contribution in [1.82, 2.24) is 5.48 Å². The highest BCUT2D eigenvalue weighted by atomic mass is 16.7. The first-order valence-electron chi connectivity index (χ1n) is 3.18. The third kappa shape index (κ3) is 1.45. The average molecular weight is 127 g/mol. The van der Waals surface area contributed by atoms with Crippen molar-refractivity contribution in [3.63, 3.8) is 0 Å². The van der Waals surface area contributed by atoms with Gasteiger partial charge in [0.05, 0.1) is 0 Å². The van der Waals surface area contributed by atoms with Crippen LogP contribution in [0.25, 0.3) is 0 Å². The van der Waals surface area contributed by atoms with E-state index >= 15 is 0 Å². The predicted octanol–water partition coefficient (Wildman–Crippen LogP) is 1.45. The first-order valence-corrected chi connectivity index (χ1v) is 3.18. The van der Waals surface area contributed by atoms with Gasteiger partial charge in [-0.1, -0.05) is 20.8 Å². The monoisotopic (exact) mass is 127 g/mol. The molecule has 1 aliphatic rings. The molecule has 0 bridgehead atoms. The van der Waals surface area contributed by atoms with Crippen LogP contribution in [-0.2, 0) is 4.84 Å². The van der Waals surface area contributed by atoms with Gasteiger partial charge in [-0.15, -0.1) is 0 Å². The SMILES string of the molecule is CC(C)(C)C1C=CNO1. The molecule has 1 atom stereocenters. The summed E-state index contributed by atoms with van der Waals surface area (Å²) in [7, 11) is 0. The van der Waals surface area contributed by atoms with Gasteiger partial charge in [0.2, 0.25) is 0 Å². The Morgan fingerprint density at radius 1 is 1.44 bits per heavy atom. The van der Waals surface area contributed by atoms with Crippen molar-refractivity contribution in [2.24, 2.45) is 5.41 Å². The van der Waals surface area contributed by atoms with Crippen molar-refractivity contribution in [2.45, 2.75) is 26.9 Å². The van der Waals surface area contributed by atoms with Crippen LogP contribution in [0.3, 0.4) is 0 Å². The molecule has 1 N–H and O–H groups in total. The van der Waals surface area contributed by atoms with Crippen LogP contribution in [0.4, 0.5) is 0 Å². The minimum Gasteiger partial charge on any atom is -0.274 e. The molecule has 9 heavy (non-hydrogen) atoms. The van der Waals surface area contributed by atoms with E-state index in [1.807, 2.05) is 12.3 Å². The Bertz CT molecular complexity index is 123. The molecule has 52 valence electrons. The lowest BCUT2D eigenvalue weighted by Gasteiger charge is -2.23. The summed E-state index contributed by atoms with van der Waals surface area (Å²) in [5.41, 5.74) is 2.91. The Balaban J connectivity index is 2.53. The largest absolute Gasteiger partial charge is 0.274 e. The van der Waals surface area contributed by atoms with Gasteiger partial charge in [-0.05, 0) is 11.5 Å². The zero-order valence-electron chi connectivity index (χ0n) is 6.14. The molecule has 0 aromatic carbocycles. The van der Waals surface area contributed by atoms with E-state index in [1.165, 1.54) is 0 Å².